The minimum Gasteiger partial charge on any atom is -0.508 e. The van der Waals surface area contributed by atoms with Gasteiger partial charge in [0, 0.05) is 47.6 Å². The van der Waals surface area contributed by atoms with E-state index in [1.807, 2.05) is 0 Å². The summed E-state index contributed by atoms with van der Waals surface area (Å²) in [5, 5.41) is 15.7. The highest BCUT2D eigenvalue weighted by Crippen LogP contribution is 2.50. The summed E-state index contributed by atoms with van der Waals surface area (Å²) in [5.41, 5.74) is 0.364. The molecule has 11 heteroatoms. The van der Waals surface area contributed by atoms with Crippen LogP contribution in [0.3, 0.4) is 0 Å². The van der Waals surface area contributed by atoms with E-state index in [9.17, 15) is 13.9 Å². The summed E-state index contributed by atoms with van der Waals surface area (Å²) in [4.78, 5) is 14.1. The van der Waals surface area contributed by atoms with Gasteiger partial charge in [0.25, 0.3) is 0 Å². The highest BCUT2D eigenvalue weighted by Gasteiger charge is 2.53. The van der Waals surface area contributed by atoms with E-state index in [0.29, 0.717) is 54.9 Å². The number of hydrogen-bond donors (Lipinski definition) is 2. The molecule has 7 nitrogen and oxygen atoms in total. The Morgan fingerprint density at radius 3 is 2.82 bits per heavy atom. The predicted octanol–water partition coefficient (Wildman–Crippen LogP) is 7.26. The molecule has 4 saturated heterocycles. The maximum Gasteiger partial charge on any atom is 0.319 e. The molecule has 9 rings (SSSR count). The number of anilines is 1. The molecular formula is C38H35ClF3N5O2. The summed E-state index contributed by atoms with van der Waals surface area (Å²) < 4.78 is 52.2. The number of benzene rings is 3. The molecule has 1 aromatic heterocycles. The lowest BCUT2D eigenvalue weighted by molar-refractivity contribution is 0.108. The molecule has 49 heavy (non-hydrogen) atoms. The Hall–Kier alpha value is -4.04. The zero-order valence-electron chi connectivity index (χ0n) is 26.8. The number of hydrogen-bond acceptors (Lipinski definition) is 7. The fourth-order valence-electron chi connectivity index (χ4n) is 9.29. The van der Waals surface area contributed by atoms with Gasteiger partial charge in [-0.1, -0.05) is 23.6 Å². The molecule has 5 heterocycles. The van der Waals surface area contributed by atoms with Crippen LogP contribution in [0.15, 0.2) is 42.2 Å². The quantitative estimate of drug-likeness (QED) is 0.207. The van der Waals surface area contributed by atoms with E-state index in [4.69, 9.17) is 27.7 Å². The van der Waals surface area contributed by atoms with Crippen LogP contribution >= 0.6 is 11.6 Å². The number of piperazine rings is 1. The second-order valence-corrected chi connectivity index (χ2v) is 15.0. The van der Waals surface area contributed by atoms with Crippen LogP contribution in [-0.2, 0) is 0 Å². The number of fused-ring (bicyclic) bond motifs is 5. The van der Waals surface area contributed by atoms with Gasteiger partial charge in [-0.25, -0.2) is 13.2 Å². The van der Waals surface area contributed by atoms with Gasteiger partial charge in [-0.3, -0.25) is 4.90 Å². The van der Waals surface area contributed by atoms with Crippen LogP contribution in [-0.4, -0.2) is 69.9 Å². The van der Waals surface area contributed by atoms with Crippen molar-refractivity contribution in [1.82, 2.24) is 20.2 Å². The van der Waals surface area contributed by atoms with Crippen LogP contribution in [0.25, 0.3) is 32.8 Å². The van der Waals surface area contributed by atoms with Crippen LogP contribution in [0.1, 0.15) is 50.5 Å². The molecule has 1 aliphatic carbocycles. The number of phenolic OH excluding ortho intramolecular Hbond substituents is 1. The summed E-state index contributed by atoms with van der Waals surface area (Å²) in [7, 11) is 0. The molecule has 4 aliphatic heterocycles. The van der Waals surface area contributed by atoms with Crippen molar-refractivity contribution in [2.75, 3.05) is 37.7 Å². The number of nitrogens with one attached hydrogen (secondary N) is 1. The number of terminal acetylenes is 1. The van der Waals surface area contributed by atoms with E-state index in [0.717, 1.165) is 37.8 Å². The van der Waals surface area contributed by atoms with Gasteiger partial charge >= 0.3 is 6.01 Å². The summed E-state index contributed by atoms with van der Waals surface area (Å²) in [6, 6.07) is 7.45. The third kappa shape index (κ3) is 4.88. The van der Waals surface area contributed by atoms with Crippen LogP contribution < -0.4 is 15.0 Å². The Morgan fingerprint density at radius 1 is 1.16 bits per heavy atom. The molecular weight excluding hydrogens is 651 g/mol. The summed E-state index contributed by atoms with van der Waals surface area (Å²) >= 11 is 6.95. The fourth-order valence-corrected chi connectivity index (χ4v) is 9.58. The Labute approximate surface area is 287 Å². The lowest BCUT2D eigenvalue weighted by Gasteiger charge is -2.42. The average Bonchev–Trinajstić information content (AvgIpc) is 3.70. The van der Waals surface area contributed by atoms with E-state index in [2.05, 4.69) is 26.0 Å². The van der Waals surface area contributed by atoms with Gasteiger partial charge in [-0.05, 0) is 98.2 Å². The van der Waals surface area contributed by atoms with Crippen molar-refractivity contribution in [3.8, 4) is 35.2 Å². The van der Waals surface area contributed by atoms with Gasteiger partial charge in [0.15, 0.2) is 5.82 Å². The van der Waals surface area contributed by atoms with Crippen molar-refractivity contribution < 1.29 is 23.0 Å². The largest absolute Gasteiger partial charge is 0.508 e. The van der Waals surface area contributed by atoms with Gasteiger partial charge in [-0.2, -0.15) is 9.97 Å². The van der Waals surface area contributed by atoms with E-state index < -0.39 is 11.6 Å². The van der Waals surface area contributed by atoms with Gasteiger partial charge in [0.1, 0.15) is 29.5 Å². The van der Waals surface area contributed by atoms with Crippen molar-refractivity contribution in [2.45, 2.75) is 62.1 Å². The maximum atomic E-state index is 17.2. The minimum absolute atomic E-state index is 0.00236. The molecule has 0 radical (unpaired) electrons. The van der Waals surface area contributed by atoms with Crippen molar-refractivity contribution >= 4 is 39.1 Å². The molecule has 2 N–H and O–H groups in total. The number of aromatic hydroxyl groups is 1. The second-order valence-electron chi connectivity index (χ2n) is 14.6. The van der Waals surface area contributed by atoms with Gasteiger partial charge in [-0.15, -0.1) is 6.42 Å². The number of ether oxygens (including phenoxy) is 1. The molecule has 1 saturated carbocycles. The highest BCUT2D eigenvalue weighted by atomic mass is 35.5. The van der Waals surface area contributed by atoms with Gasteiger partial charge in [0.2, 0.25) is 0 Å². The minimum atomic E-state index is -0.755. The Balaban J connectivity index is 1.21. The van der Waals surface area contributed by atoms with Crippen molar-refractivity contribution in [2.24, 2.45) is 5.92 Å². The molecule has 5 fully saturated rings. The topological polar surface area (TPSA) is 73.8 Å². The first kappa shape index (κ1) is 31.0. The standard InChI is InChI=1S/C38H35ClF3N5O2/c1-2-26-30(41)7-4-22-12-25(48)13-27(31(22)26)32-29(39)14-28-34(33(32)42)43-36(49-20-37-9-3-11-47(37)17-21(15-37)16-40)44-35(28)46-18-24-8-10-38(19-46,45-24)23-5-6-23/h1,4,7,12-14,16,23-24,45,48H,3,5-6,8-11,15,17-20H2/b21-16+/t24-,37-,38+/m0/s1. The highest BCUT2D eigenvalue weighted by molar-refractivity contribution is 6.35. The second kappa shape index (κ2) is 11.2. The van der Waals surface area contributed by atoms with E-state index >= 15 is 4.39 Å². The first-order chi connectivity index (χ1) is 23.7. The van der Waals surface area contributed by atoms with Gasteiger partial charge in [0.05, 0.1) is 22.5 Å². The monoisotopic (exact) mass is 685 g/mol. The average molecular weight is 686 g/mol. The summed E-state index contributed by atoms with van der Waals surface area (Å²) in [5.74, 6) is 1.97. The number of nitrogens with zero attached hydrogens (tertiary/aromatic N) is 4. The zero-order valence-corrected chi connectivity index (χ0v) is 27.6. The lowest BCUT2D eigenvalue weighted by Crippen LogP contribution is -2.61. The molecule has 0 amide bonds. The Bertz CT molecular complexity index is 2130. The smallest absolute Gasteiger partial charge is 0.319 e. The Kier molecular flexibility index (Phi) is 7.11. The SMILES string of the molecule is C#Cc1c(F)ccc2cc(O)cc(-c3c(Cl)cc4c(N5C[C@@H]6CC[C@](C7CC7)(C5)N6)nc(OC[C@@]56CCCN5C/C(=C/F)C6)nc4c3F)c12. The van der Waals surface area contributed by atoms with Crippen LogP contribution in [0, 0.1) is 29.9 Å². The summed E-state index contributed by atoms with van der Waals surface area (Å²) in [6.07, 6.45) is 13.3. The first-order valence-corrected chi connectivity index (χ1v) is 17.4. The van der Waals surface area contributed by atoms with Crippen molar-refractivity contribution in [3.05, 3.63) is 64.5 Å². The summed E-state index contributed by atoms with van der Waals surface area (Å²) in [6.45, 7) is 3.04. The number of rotatable bonds is 6. The van der Waals surface area contributed by atoms with Crippen molar-refractivity contribution in [3.63, 3.8) is 0 Å². The molecule has 0 unspecified atom stereocenters. The predicted molar refractivity (Wildman–Crippen MR) is 184 cm³/mol. The van der Waals surface area contributed by atoms with Crippen LogP contribution in [0.4, 0.5) is 19.0 Å². The fraction of sp³-hybridized carbons (Fsp3) is 0.421. The third-order valence-electron chi connectivity index (χ3n) is 11.6. The van der Waals surface area contributed by atoms with E-state index in [1.165, 1.54) is 37.1 Å². The van der Waals surface area contributed by atoms with E-state index in [1.54, 1.807) is 6.07 Å². The first-order valence-electron chi connectivity index (χ1n) is 17.0. The molecule has 3 atom stereocenters. The molecule has 5 aliphatic rings. The normalized spacial score (nSPS) is 27.4. The number of phenols is 1. The molecule has 4 aromatic rings. The molecule has 252 valence electrons. The molecule has 3 aromatic carbocycles. The maximum absolute atomic E-state index is 17.2. The lowest BCUT2D eigenvalue weighted by atomic mass is 9.90. The van der Waals surface area contributed by atoms with Crippen LogP contribution in [0.2, 0.25) is 5.02 Å². The Morgan fingerprint density at radius 2 is 2.02 bits per heavy atom. The number of halogens is 4. The molecule has 0 spiro atoms. The van der Waals surface area contributed by atoms with Crippen LogP contribution in [0.5, 0.6) is 11.8 Å². The zero-order chi connectivity index (χ0) is 33.7. The third-order valence-corrected chi connectivity index (χ3v) is 11.9. The number of aromatic nitrogens is 2. The van der Waals surface area contributed by atoms with E-state index in [-0.39, 0.29) is 68.1 Å². The van der Waals surface area contributed by atoms with Gasteiger partial charge < -0.3 is 20.1 Å². The molecule has 2 bridgehead atoms. The van der Waals surface area contributed by atoms with Crippen molar-refractivity contribution in [1.29, 1.82) is 0 Å².